The van der Waals surface area contributed by atoms with Crippen LogP contribution in [0.3, 0.4) is 0 Å². The smallest absolute Gasteiger partial charge is 0.276 e. The van der Waals surface area contributed by atoms with Crippen molar-refractivity contribution in [3.8, 4) is 0 Å². The highest BCUT2D eigenvalue weighted by Crippen LogP contribution is 2.21. The number of nitrogens with zero attached hydrogens (tertiary/aromatic N) is 1. The number of carbonyl (C=O) groups excluding carboxylic acids is 1. The van der Waals surface area contributed by atoms with E-state index in [2.05, 4.69) is 31.4 Å². The molecular weight excluding hydrogens is 306 g/mol. The van der Waals surface area contributed by atoms with Gasteiger partial charge in [-0.2, -0.15) is 5.10 Å². The van der Waals surface area contributed by atoms with Crippen molar-refractivity contribution in [2.75, 3.05) is 5.32 Å². The second-order valence-corrected chi connectivity index (χ2v) is 5.00. The highest BCUT2D eigenvalue weighted by molar-refractivity contribution is 9.10. The van der Waals surface area contributed by atoms with Crippen LogP contribution in [0.4, 0.5) is 5.69 Å². The molecule has 0 atom stereocenters. The molecular formula is C14H10BrN3O. The first-order valence-corrected chi connectivity index (χ1v) is 6.53. The molecule has 0 saturated carbocycles. The van der Waals surface area contributed by atoms with Gasteiger partial charge in [0.15, 0.2) is 5.69 Å². The van der Waals surface area contributed by atoms with E-state index >= 15 is 0 Å². The van der Waals surface area contributed by atoms with Crippen LogP contribution in [0.25, 0.3) is 10.9 Å². The van der Waals surface area contributed by atoms with Gasteiger partial charge in [-0.15, -0.1) is 0 Å². The molecule has 19 heavy (non-hydrogen) atoms. The molecule has 94 valence electrons. The zero-order valence-electron chi connectivity index (χ0n) is 9.85. The average Bonchev–Trinajstić information content (AvgIpc) is 2.82. The highest BCUT2D eigenvalue weighted by Gasteiger charge is 2.14. The molecule has 1 heterocycles. The third kappa shape index (κ3) is 2.37. The number of fused-ring (bicyclic) bond motifs is 1. The van der Waals surface area contributed by atoms with E-state index < -0.39 is 0 Å². The Morgan fingerprint density at radius 2 is 1.95 bits per heavy atom. The molecule has 0 unspecified atom stereocenters. The van der Waals surface area contributed by atoms with Crippen molar-refractivity contribution < 1.29 is 4.79 Å². The van der Waals surface area contributed by atoms with E-state index in [9.17, 15) is 4.79 Å². The van der Waals surface area contributed by atoms with E-state index in [1.54, 1.807) is 0 Å². The van der Waals surface area contributed by atoms with Gasteiger partial charge < -0.3 is 5.32 Å². The van der Waals surface area contributed by atoms with E-state index in [4.69, 9.17) is 0 Å². The standard InChI is InChI=1S/C14H10BrN3O/c15-9-6-7-11-12(8-9)17-18-13(11)14(19)16-10-4-2-1-3-5-10/h1-8H,(H,16,19)(H,17,18). The predicted octanol–water partition coefficient (Wildman–Crippen LogP) is 3.58. The number of hydrogen-bond donors (Lipinski definition) is 2. The Morgan fingerprint density at radius 3 is 2.74 bits per heavy atom. The maximum absolute atomic E-state index is 12.2. The third-order valence-corrected chi connectivity index (χ3v) is 3.26. The van der Waals surface area contributed by atoms with Gasteiger partial charge in [-0.25, -0.2) is 0 Å². The maximum atomic E-state index is 12.2. The fourth-order valence-corrected chi connectivity index (χ4v) is 2.24. The largest absolute Gasteiger partial charge is 0.321 e. The summed E-state index contributed by atoms with van der Waals surface area (Å²) in [6, 6.07) is 15.0. The zero-order chi connectivity index (χ0) is 13.2. The number of aromatic amines is 1. The number of anilines is 1. The van der Waals surface area contributed by atoms with E-state index in [-0.39, 0.29) is 5.91 Å². The number of para-hydroxylation sites is 1. The SMILES string of the molecule is O=C(Nc1ccccc1)c1n[nH]c2cc(Br)ccc12. The molecule has 2 aromatic carbocycles. The van der Waals surface area contributed by atoms with Crippen LogP contribution in [0.2, 0.25) is 0 Å². The van der Waals surface area contributed by atoms with Crippen molar-refractivity contribution in [2.24, 2.45) is 0 Å². The first-order valence-electron chi connectivity index (χ1n) is 5.74. The second-order valence-electron chi connectivity index (χ2n) is 4.08. The molecule has 0 aliphatic rings. The van der Waals surface area contributed by atoms with Crippen molar-refractivity contribution in [3.63, 3.8) is 0 Å². The Hall–Kier alpha value is -2.14. The van der Waals surface area contributed by atoms with Crippen LogP contribution in [0.15, 0.2) is 53.0 Å². The summed E-state index contributed by atoms with van der Waals surface area (Å²) in [5.41, 5.74) is 1.97. The lowest BCUT2D eigenvalue weighted by atomic mass is 10.2. The number of halogens is 1. The number of H-pyrrole nitrogens is 1. The molecule has 0 spiro atoms. The lowest BCUT2D eigenvalue weighted by Gasteiger charge is -2.02. The summed E-state index contributed by atoms with van der Waals surface area (Å²) in [5, 5.41) is 10.5. The Kier molecular flexibility index (Phi) is 3.05. The van der Waals surface area contributed by atoms with Crippen LogP contribution < -0.4 is 5.32 Å². The van der Waals surface area contributed by atoms with Crippen molar-refractivity contribution >= 4 is 38.4 Å². The molecule has 5 heteroatoms. The third-order valence-electron chi connectivity index (χ3n) is 2.77. The molecule has 0 fully saturated rings. The van der Waals surface area contributed by atoms with Crippen molar-refractivity contribution in [3.05, 3.63) is 58.7 Å². The first-order chi connectivity index (χ1) is 9.24. The summed E-state index contributed by atoms with van der Waals surface area (Å²) >= 11 is 3.38. The number of amides is 1. The maximum Gasteiger partial charge on any atom is 0.276 e. The van der Waals surface area contributed by atoms with Crippen molar-refractivity contribution in [1.82, 2.24) is 10.2 Å². The van der Waals surface area contributed by atoms with Crippen LogP contribution in [0.5, 0.6) is 0 Å². The fourth-order valence-electron chi connectivity index (χ4n) is 1.88. The molecule has 0 aliphatic carbocycles. The molecule has 3 rings (SSSR count). The molecule has 1 aromatic heterocycles. The van der Waals surface area contributed by atoms with E-state index in [0.29, 0.717) is 5.69 Å². The zero-order valence-corrected chi connectivity index (χ0v) is 11.4. The molecule has 0 bridgehead atoms. The summed E-state index contributed by atoms with van der Waals surface area (Å²) in [7, 11) is 0. The average molecular weight is 316 g/mol. The van der Waals surface area contributed by atoms with Crippen molar-refractivity contribution in [2.45, 2.75) is 0 Å². The molecule has 4 nitrogen and oxygen atoms in total. The highest BCUT2D eigenvalue weighted by atomic mass is 79.9. The second kappa shape index (κ2) is 4.85. The molecule has 0 radical (unpaired) electrons. The number of hydrogen-bond acceptors (Lipinski definition) is 2. The van der Waals surface area contributed by atoms with Gasteiger partial charge >= 0.3 is 0 Å². The first kappa shape index (κ1) is 11.9. The lowest BCUT2D eigenvalue weighted by molar-refractivity contribution is 0.102. The van der Waals surface area contributed by atoms with Gasteiger partial charge in [-0.1, -0.05) is 34.1 Å². The van der Waals surface area contributed by atoms with E-state index in [0.717, 1.165) is 21.1 Å². The van der Waals surface area contributed by atoms with Crippen LogP contribution >= 0.6 is 15.9 Å². The molecule has 3 aromatic rings. The van der Waals surface area contributed by atoms with Crippen LogP contribution in [-0.4, -0.2) is 16.1 Å². The van der Waals surface area contributed by atoms with E-state index in [1.807, 2.05) is 48.5 Å². The van der Waals surface area contributed by atoms with Gasteiger partial charge in [-0.05, 0) is 30.3 Å². The monoisotopic (exact) mass is 315 g/mol. The Balaban J connectivity index is 1.94. The van der Waals surface area contributed by atoms with E-state index in [1.165, 1.54) is 0 Å². The molecule has 2 N–H and O–H groups in total. The van der Waals surface area contributed by atoms with Crippen molar-refractivity contribution in [1.29, 1.82) is 0 Å². The van der Waals surface area contributed by atoms with Gasteiger partial charge in [0.25, 0.3) is 5.91 Å². The fraction of sp³-hybridized carbons (Fsp3) is 0. The normalized spacial score (nSPS) is 10.6. The molecule has 1 amide bonds. The van der Waals surface area contributed by atoms with Gasteiger partial charge in [0.1, 0.15) is 0 Å². The molecule has 0 saturated heterocycles. The van der Waals surface area contributed by atoms with Crippen LogP contribution in [-0.2, 0) is 0 Å². The Labute approximate surface area is 118 Å². The molecule has 0 aliphatic heterocycles. The van der Waals surface area contributed by atoms with Crippen LogP contribution in [0, 0.1) is 0 Å². The van der Waals surface area contributed by atoms with Crippen LogP contribution in [0.1, 0.15) is 10.5 Å². The summed E-state index contributed by atoms with van der Waals surface area (Å²) in [6.07, 6.45) is 0. The minimum Gasteiger partial charge on any atom is -0.321 e. The summed E-state index contributed by atoms with van der Waals surface area (Å²) in [5.74, 6) is -0.222. The summed E-state index contributed by atoms with van der Waals surface area (Å²) < 4.78 is 0.943. The number of nitrogens with one attached hydrogen (secondary N) is 2. The topological polar surface area (TPSA) is 57.8 Å². The number of rotatable bonds is 2. The van der Waals surface area contributed by atoms with Gasteiger partial charge in [0, 0.05) is 15.5 Å². The minimum absolute atomic E-state index is 0.222. The van der Waals surface area contributed by atoms with Gasteiger partial charge in [0.05, 0.1) is 5.52 Å². The number of aromatic nitrogens is 2. The Morgan fingerprint density at radius 1 is 1.16 bits per heavy atom. The summed E-state index contributed by atoms with van der Waals surface area (Å²) in [6.45, 7) is 0. The predicted molar refractivity (Wildman–Crippen MR) is 78.2 cm³/mol. The lowest BCUT2D eigenvalue weighted by Crippen LogP contribution is -2.12. The number of benzene rings is 2. The number of carbonyl (C=O) groups is 1. The summed E-state index contributed by atoms with van der Waals surface area (Å²) in [4.78, 5) is 12.2. The quantitative estimate of drug-likeness (QED) is 0.759. The minimum atomic E-state index is -0.222. The van der Waals surface area contributed by atoms with Gasteiger partial charge in [-0.3, -0.25) is 9.89 Å². The van der Waals surface area contributed by atoms with Gasteiger partial charge in [0.2, 0.25) is 0 Å². The Bertz CT molecular complexity index is 737.